The molecule has 3 atom stereocenters. The molecule has 0 radical (unpaired) electrons. The minimum atomic E-state index is -3.00. The largest absolute Gasteiger partial charge is 0.461 e. The Balaban J connectivity index is 2.17. The Bertz CT molecular complexity index is 634. The first-order valence-corrected chi connectivity index (χ1v) is 7.00. The number of rotatable bonds is 2. The van der Waals surface area contributed by atoms with Crippen LogP contribution in [-0.4, -0.2) is 24.7 Å². The van der Waals surface area contributed by atoms with Gasteiger partial charge in [0.05, 0.1) is 0 Å². The molecule has 1 saturated carbocycles. The van der Waals surface area contributed by atoms with Gasteiger partial charge in [-0.3, -0.25) is 0 Å². The fourth-order valence-electron chi connectivity index (χ4n) is 3.47. The van der Waals surface area contributed by atoms with E-state index < -0.39 is 48.8 Å². The molecule has 1 aliphatic carbocycles. The molecule has 7 heteroatoms. The third-order valence-electron chi connectivity index (χ3n) is 4.45. The minimum Gasteiger partial charge on any atom is -0.461 e. The summed E-state index contributed by atoms with van der Waals surface area (Å²) in [7, 11) is 0. The highest BCUT2D eigenvalue weighted by Crippen LogP contribution is 2.52. The van der Waals surface area contributed by atoms with Crippen molar-refractivity contribution < 1.29 is 22.3 Å². The first kappa shape index (κ1) is 15.1. The van der Waals surface area contributed by atoms with Crippen LogP contribution in [0.15, 0.2) is 23.2 Å². The Morgan fingerprint density at radius 2 is 2.09 bits per heavy atom. The molecule has 0 aromatic heterocycles. The topological polar surface area (TPSA) is 47.6 Å². The van der Waals surface area contributed by atoms with Crippen molar-refractivity contribution in [3.63, 3.8) is 0 Å². The maximum atomic E-state index is 14.3. The number of benzene rings is 1. The summed E-state index contributed by atoms with van der Waals surface area (Å²) in [4.78, 5) is 3.94. The quantitative estimate of drug-likeness (QED) is 0.853. The molecule has 0 saturated heterocycles. The SMILES string of the molecule is Cc1ccc(F)c([C@@]2(CF)N=C(N)O[C@@H]3CC(F)(F)C[C@@H]32)c1. The third kappa shape index (κ3) is 2.23. The van der Waals surface area contributed by atoms with Crippen molar-refractivity contribution in [3.05, 3.63) is 35.1 Å². The smallest absolute Gasteiger partial charge is 0.283 e. The molecular formula is C15H16F4N2O. The van der Waals surface area contributed by atoms with E-state index in [1.807, 2.05) is 0 Å². The normalized spacial score (nSPS) is 33.0. The van der Waals surface area contributed by atoms with Crippen molar-refractivity contribution in [3.8, 4) is 0 Å². The number of nitrogens with two attached hydrogens (primary N) is 1. The second-order valence-corrected chi connectivity index (χ2v) is 6.02. The zero-order valence-corrected chi connectivity index (χ0v) is 12.0. The molecule has 22 heavy (non-hydrogen) atoms. The highest BCUT2D eigenvalue weighted by atomic mass is 19.3. The molecule has 1 fully saturated rings. The van der Waals surface area contributed by atoms with Crippen LogP contribution in [0.4, 0.5) is 17.6 Å². The van der Waals surface area contributed by atoms with E-state index in [0.29, 0.717) is 5.56 Å². The lowest BCUT2D eigenvalue weighted by molar-refractivity contribution is -0.00299. The monoisotopic (exact) mass is 316 g/mol. The highest BCUT2D eigenvalue weighted by Gasteiger charge is 2.60. The molecule has 0 amide bonds. The Hall–Kier alpha value is -1.79. The van der Waals surface area contributed by atoms with Crippen molar-refractivity contribution in [1.29, 1.82) is 0 Å². The maximum Gasteiger partial charge on any atom is 0.283 e. The average Bonchev–Trinajstić information content (AvgIpc) is 2.75. The molecule has 2 aliphatic rings. The van der Waals surface area contributed by atoms with Crippen molar-refractivity contribution in [2.24, 2.45) is 16.6 Å². The van der Waals surface area contributed by atoms with Crippen LogP contribution >= 0.6 is 0 Å². The van der Waals surface area contributed by atoms with Crippen LogP contribution in [-0.2, 0) is 10.3 Å². The van der Waals surface area contributed by atoms with Gasteiger partial charge in [-0.2, -0.15) is 0 Å². The lowest BCUT2D eigenvalue weighted by Crippen LogP contribution is -2.48. The van der Waals surface area contributed by atoms with Gasteiger partial charge in [0.2, 0.25) is 0 Å². The summed E-state index contributed by atoms with van der Waals surface area (Å²) in [5, 5.41) is 0. The van der Waals surface area contributed by atoms with Gasteiger partial charge < -0.3 is 10.5 Å². The number of amidine groups is 1. The number of nitrogens with zero attached hydrogens (tertiary/aromatic N) is 1. The van der Waals surface area contributed by atoms with E-state index in [2.05, 4.69) is 4.99 Å². The van der Waals surface area contributed by atoms with Gasteiger partial charge in [-0.1, -0.05) is 17.7 Å². The Morgan fingerprint density at radius 3 is 2.77 bits per heavy atom. The van der Waals surface area contributed by atoms with Crippen LogP contribution in [0.5, 0.6) is 0 Å². The standard InChI is InChI=1S/C15H16F4N2O/c1-8-2-3-11(17)9(4-8)15(7-16)10-5-14(18,19)6-12(10)22-13(20)21-15/h2-4,10,12H,5-7H2,1H3,(H2,20,21)/t10-,12+,15+/m0/s1. The van der Waals surface area contributed by atoms with Crippen LogP contribution in [0, 0.1) is 18.7 Å². The van der Waals surface area contributed by atoms with E-state index in [9.17, 15) is 17.6 Å². The molecule has 3 rings (SSSR count). The highest BCUT2D eigenvalue weighted by molar-refractivity contribution is 5.73. The number of hydrogen-bond acceptors (Lipinski definition) is 3. The molecule has 0 unspecified atom stereocenters. The molecular weight excluding hydrogens is 300 g/mol. The van der Waals surface area contributed by atoms with Crippen molar-refractivity contribution in [2.75, 3.05) is 6.67 Å². The first-order valence-electron chi connectivity index (χ1n) is 7.00. The number of aryl methyl sites for hydroxylation is 1. The lowest BCUT2D eigenvalue weighted by atomic mass is 9.76. The molecule has 1 aliphatic heterocycles. The fourth-order valence-corrected chi connectivity index (χ4v) is 3.47. The summed E-state index contributed by atoms with van der Waals surface area (Å²) in [5.41, 5.74) is 4.43. The van der Waals surface area contributed by atoms with Crippen molar-refractivity contribution in [2.45, 2.75) is 37.3 Å². The van der Waals surface area contributed by atoms with Gasteiger partial charge in [-0.05, 0) is 13.0 Å². The van der Waals surface area contributed by atoms with Crippen LogP contribution in [0.25, 0.3) is 0 Å². The average molecular weight is 316 g/mol. The number of aliphatic imine (C=N–C) groups is 1. The molecule has 2 N–H and O–H groups in total. The zero-order valence-electron chi connectivity index (χ0n) is 12.0. The van der Waals surface area contributed by atoms with E-state index in [-0.39, 0.29) is 11.6 Å². The van der Waals surface area contributed by atoms with Crippen molar-refractivity contribution >= 4 is 6.02 Å². The number of alkyl halides is 3. The summed E-state index contributed by atoms with van der Waals surface area (Å²) in [5.74, 6) is -4.65. The molecule has 0 bridgehead atoms. The molecule has 120 valence electrons. The predicted molar refractivity (Wildman–Crippen MR) is 73.0 cm³/mol. The molecule has 3 nitrogen and oxygen atoms in total. The van der Waals surface area contributed by atoms with Gasteiger partial charge in [0.1, 0.15) is 24.1 Å². The molecule has 1 heterocycles. The Labute approximate surface area is 125 Å². The predicted octanol–water partition coefficient (Wildman–Crippen LogP) is 3.06. The van der Waals surface area contributed by atoms with E-state index in [4.69, 9.17) is 10.5 Å². The number of fused-ring (bicyclic) bond motifs is 1. The Kier molecular flexibility index (Phi) is 3.34. The number of hydrogen-bond donors (Lipinski definition) is 1. The summed E-state index contributed by atoms with van der Waals surface area (Å²) >= 11 is 0. The summed E-state index contributed by atoms with van der Waals surface area (Å²) in [6.07, 6.45) is -2.14. The van der Waals surface area contributed by atoms with E-state index in [0.717, 1.165) is 0 Å². The van der Waals surface area contributed by atoms with Crippen LogP contribution in [0.1, 0.15) is 24.0 Å². The lowest BCUT2D eigenvalue weighted by Gasteiger charge is -2.40. The maximum absolute atomic E-state index is 14.3. The minimum absolute atomic E-state index is 0.0473. The molecule has 1 aromatic carbocycles. The van der Waals surface area contributed by atoms with E-state index in [1.54, 1.807) is 6.92 Å². The van der Waals surface area contributed by atoms with Gasteiger partial charge in [-0.15, -0.1) is 0 Å². The van der Waals surface area contributed by atoms with Gasteiger partial charge in [0, 0.05) is 24.3 Å². The second kappa shape index (κ2) is 4.86. The van der Waals surface area contributed by atoms with Crippen LogP contribution in [0.2, 0.25) is 0 Å². The molecule has 0 spiro atoms. The third-order valence-corrected chi connectivity index (χ3v) is 4.45. The summed E-state index contributed by atoms with van der Waals surface area (Å²) in [6, 6.07) is 3.77. The summed E-state index contributed by atoms with van der Waals surface area (Å²) in [6.45, 7) is 0.594. The van der Waals surface area contributed by atoms with Gasteiger partial charge >= 0.3 is 0 Å². The van der Waals surface area contributed by atoms with E-state index in [1.165, 1.54) is 18.2 Å². The fraction of sp³-hybridized carbons (Fsp3) is 0.533. The molecule has 1 aromatic rings. The number of ether oxygens (including phenoxy) is 1. The van der Waals surface area contributed by atoms with Gasteiger partial charge in [0.25, 0.3) is 11.9 Å². The Morgan fingerprint density at radius 1 is 1.36 bits per heavy atom. The zero-order chi connectivity index (χ0) is 16.1. The van der Waals surface area contributed by atoms with E-state index >= 15 is 0 Å². The van der Waals surface area contributed by atoms with Crippen LogP contribution < -0.4 is 5.73 Å². The van der Waals surface area contributed by atoms with Crippen LogP contribution in [0.3, 0.4) is 0 Å². The first-order chi connectivity index (χ1) is 10.3. The number of halogens is 4. The van der Waals surface area contributed by atoms with Crippen molar-refractivity contribution in [1.82, 2.24) is 0 Å². The van der Waals surface area contributed by atoms with Gasteiger partial charge in [0.15, 0.2) is 0 Å². The second-order valence-electron chi connectivity index (χ2n) is 6.02. The summed E-state index contributed by atoms with van der Waals surface area (Å²) < 4.78 is 60.9. The van der Waals surface area contributed by atoms with Gasteiger partial charge in [-0.25, -0.2) is 22.6 Å².